The van der Waals surface area contributed by atoms with E-state index in [2.05, 4.69) is 5.32 Å². The lowest BCUT2D eigenvalue weighted by Gasteiger charge is -2.28. The molecule has 258 valence electrons. The summed E-state index contributed by atoms with van der Waals surface area (Å²) >= 11 is 0. The average Bonchev–Trinajstić information content (AvgIpc) is 3.03. The minimum absolute atomic E-state index is 0.121. The predicted octanol–water partition coefficient (Wildman–Crippen LogP) is -2.34. The van der Waals surface area contributed by atoms with Crippen molar-refractivity contribution in [3.8, 4) is 0 Å². The number of carbonyl (C=O) groups excluding carboxylic acids is 3. The molecule has 0 fully saturated rings. The van der Waals surface area contributed by atoms with Gasteiger partial charge in [0.1, 0.15) is 25.4 Å². The third kappa shape index (κ3) is 20.4. The maximum Gasteiger partial charge on any atom is 0.306 e. The number of nitrogens with one attached hydrogen (secondary N) is 1. The zero-order valence-electron chi connectivity index (χ0n) is 25.3. The molecule has 18 heteroatoms. The molecule has 6 N–H and O–H groups in total. The zero-order chi connectivity index (χ0) is 33.3. The molecule has 1 amide bonds. The highest BCUT2D eigenvalue weighted by atomic mass is 16.7. The number of carboxylic acids is 1. The summed E-state index contributed by atoms with van der Waals surface area (Å²) in [7, 11) is 2.66. The first kappa shape index (κ1) is 41.5. The van der Waals surface area contributed by atoms with E-state index in [1.807, 2.05) is 0 Å². The lowest BCUT2D eigenvalue weighted by atomic mass is 10.3. The number of aliphatic carboxylic acids is 1. The molecule has 0 bridgehead atoms. The van der Waals surface area contributed by atoms with E-state index >= 15 is 0 Å². The standard InChI is InChI=1S/C26H47NO17/c1-4-17(9-28)42-24(12-31)40-13-19(11-30)44-26(16-39-22(35)7-5-20(32)27-2)41-14-18(10-29)43-25(37-3)15-38-23(36)8-6-21(33)34/h17-19,24-26,28-31H,4-16H2,1-3H3,(H,27,32)(H,33,34)/t17?,18?,19?,24-,25-,26-/m1/s1. The van der Waals surface area contributed by atoms with Crippen molar-refractivity contribution in [3.05, 3.63) is 0 Å². The molecule has 0 aromatic carbocycles. The number of aliphatic hydroxyl groups excluding tert-OH is 4. The average molecular weight is 646 g/mol. The van der Waals surface area contributed by atoms with Crippen LogP contribution < -0.4 is 5.32 Å². The van der Waals surface area contributed by atoms with E-state index in [0.717, 1.165) is 0 Å². The van der Waals surface area contributed by atoms with Gasteiger partial charge in [-0.15, -0.1) is 0 Å². The number of hydrogen-bond donors (Lipinski definition) is 6. The van der Waals surface area contributed by atoms with Gasteiger partial charge in [-0.2, -0.15) is 0 Å². The molecule has 0 aromatic heterocycles. The summed E-state index contributed by atoms with van der Waals surface area (Å²) in [5.74, 6) is -3.09. The molecule has 18 nitrogen and oxygen atoms in total. The van der Waals surface area contributed by atoms with Crippen molar-refractivity contribution in [1.82, 2.24) is 5.32 Å². The van der Waals surface area contributed by atoms with Gasteiger partial charge in [0.25, 0.3) is 0 Å². The fourth-order valence-corrected chi connectivity index (χ4v) is 3.05. The molecule has 3 unspecified atom stereocenters. The summed E-state index contributed by atoms with van der Waals surface area (Å²) in [6, 6.07) is 0. The van der Waals surface area contributed by atoms with Crippen molar-refractivity contribution in [3.63, 3.8) is 0 Å². The van der Waals surface area contributed by atoms with Crippen molar-refractivity contribution in [2.24, 2.45) is 0 Å². The number of hydrogen-bond acceptors (Lipinski definition) is 16. The molecule has 0 aliphatic rings. The summed E-state index contributed by atoms with van der Waals surface area (Å²) in [6.07, 6.45) is -7.08. The van der Waals surface area contributed by atoms with Crippen LogP contribution in [0.3, 0.4) is 0 Å². The first-order chi connectivity index (χ1) is 21.0. The summed E-state index contributed by atoms with van der Waals surface area (Å²) in [4.78, 5) is 45.8. The smallest absolute Gasteiger partial charge is 0.306 e. The van der Waals surface area contributed by atoms with Gasteiger partial charge in [-0.3, -0.25) is 19.2 Å². The molecule has 0 aromatic rings. The van der Waals surface area contributed by atoms with E-state index < -0.39 is 94.5 Å². The van der Waals surface area contributed by atoms with Crippen LogP contribution in [0, 0.1) is 0 Å². The second kappa shape index (κ2) is 25.8. The van der Waals surface area contributed by atoms with E-state index in [1.165, 1.54) is 14.2 Å². The molecule has 0 rings (SSSR count). The van der Waals surface area contributed by atoms with Gasteiger partial charge in [0.2, 0.25) is 5.91 Å². The van der Waals surface area contributed by atoms with Gasteiger partial charge in [0.15, 0.2) is 18.9 Å². The molecule has 0 saturated heterocycles. The molecule has 44 heavy (non-hydrogen) atoms. The van der Waals surface area contributed by atoms with Crippen molar-refractivity contribution < 1.29 is 82.6 Å². The number of carboxylic acid groups (broad SMARTS) is 1. The number of aliphatic hydroxyl groups is 4. The molecule has 0 radical (unpaired) electrons. The molecule has 6 atom stereocenters. The lowest BCUT2D eigenvalue weighted by molar-refractivity contribution is -0.254. The normalized spacial score (nSPS) is 15.4. The van der Waals surface area contributed by atoms with Gasteiger partial charge in [-0.05, 0) is 6.42 Å². The van der Waals surface area contributed by atoms with Crippen LogP contribution in [-0.4, -0.2) is 154 Å². The Balaban J connectivity index is 5.27. The Kier molecular flexibility index (Phi) is 24.3. The van der Waals surface area contributed by atoms with E-state index in [1.54, 1.807) is 6.92 Å². The molecular weight excluding hydrogens is 598 g/mol. The van der Waals surface area contributed by atoms with Crippen molar-refractivity contribution in [1.29, 1.82) is 0 Å². The number of esters is 2. The van der Waals surface area contributed by atoms with Crippen LogP contribution in [0.1, 0.15) is 39.0 Å². The third-order valence-corrected chi connectivity index (χ3v) is 5.59. The minimum atomic E-state index is -1.35. The predicted molar refractivity (Wildman–Crippen MR) is 146 cm³/mol. The maximum atomic E-state index is 12.1. The van der Waals surface area contributed by atoms with Crippen LogP contribution in [0.4, 0.5) is 0 Å². The highest BCUT2D eigenvalue weighted by molar-refractivity contribution is 5.81. The van der Waals surface area contributed by atoms with Crippen LogP contribution in [0.25, 0.3) is 0 Å². The molecule has 0 aliphatic heterocycles. The molecular formula is C26H47NO17. The number of rotatable bonds is 28. The quantitative estimate of drug-likeness (QED) is 0.0385. The summed E-state index contributed by atoms with van der Waals surface area (Å²) in [5.41, 5.74) is 0. The Morgan fingerprint density at radius 3 is 1.57 bits per heavy atom. The van der Waals surface area contributed by atoms with Gasteiger partial charge < -0.3 is 68.7 Å². The lowest BCUT2D eigenvalue weighted by Crippen LogP contribution is -2.40. The monoisotopic (exact) mass is 645 g/mol. The number of methoxy groups -OCH3 is 1. The number of amides is 1. The molecule has 0 spiro atoms. The first-order valence-electron chi connectivity index (χ1n) is 13.9. The highest BCUT2D eigenvalue weighted by Crippen LogP contribution is 2.11. The molecule has 0 saturated carbocycles. The van der Waals surface area contributed by atoms with Gasteiger partial charge >= 0.3 is 17.9 Å². The van der Waals surface area contributed by atoms with Crippen LogP contribution in [0.2, 0.25) is 0 Å². The van der Waals surface area contributed by atoms with Crippen molar-refractivity contribution >= 4 is 23.8 Å². The SMILES string of the molecule is CCC(CO)O[C@H](CO)OCC(CO)O[C@H](COC(=O)CCC(=O)NC)OCC(CO)O[C@H](COC(=O)CCC(=O)O)OC. The molecule has 0 heterocycles. The van der Waals surface area contributed by atoms with Gasteiger partial charge in [-0.25, -0.2) is 0 Å². The van der Waals surface area contributed by atoms with E-state index in [-0.39, 0.29) is 45.0 Å². The maximum absolute atomic E-state index is 12.1. The minimum Gasteiger partial charge on any atom is -0.481 e. The zero-order valence-corrected chi connectivity index (χ0v) is 25.3. The number of carbonyl (C=O) groups is 4. The highest BCUT2D eigenvalue weighted by Gasteiger charge is 2.25. The van der Waals surface area contributed by atoms with Gasteiger partial charge in [0.05, 0.1) is 65.0 Å². The van der Waals surface area contributed by atoms with E-state index in [0.29, 0.717) is 6.42 Å². The Morgan fingerprint density at radius 1 is 0.636 bits per heavy atom. The summed E-state index contributed by atoms with van der Waals surface area (Å²) in [5, 5.41) is 49.4. The van der Waals surface area contributed by atoms with E-state index in [4.69, 9.17) is 43.0 Å². The van der Waals surface area contributed by atoms with Gasteiger partial charge in [0, 0.05) is 20.6 Å². The fourth-order valence-electron chi connectivity index (χ4n) is 3.05. The Labute approximate surface area is 255 Å². The first-order valence-corrected chi connectivity index (χ1v) is 13.9. The summed E-state index contributed by atoms with van der Waals surface area (Å²) < 4.78 is 42.8. The largest absolute Gasteiger partial charge is 0.481 e. The van der Waals surface area contributed by atoms with Crippen LogP contribution in [-0.2, 0) is 57.1 Å². The second-order valence-electron chi connectivity index (χ2n) is 9.04. The number of ether oxygens (including phenoxy) is 8. The second-order valence-corrected chi connectivity index (χ2v) is 9.04. The van der Waals surface area contributed by atoms with Crippen LogP contribution >= 0.6 is 0 Å². The van der Waals surface area contributed by atoms with Crippen LogP contribution in [0.15, 0.2) is 0 Å². The third-order valence-electron chi connectivity index (χ3n) is 5.59. The Bertz CT molecular complexity index is 797. The Hall–Kier alpha value is -2.52. The van der Waals surface area contributed by atoms with E-state index in [9.17, 15) is 39.6 Å². The van der Waals surface area contributed by atoms with Gasteiger partial charge in [-0.1, -0.05) is 6.92 Å². The topological polar surface area (TPSA) is 255 Å². The van der Waals surface area contributed by atoms with Crippen LogP contribution in [0.5, 0.6) is 0 Å². The molecule has 0 aliphatic carbocycles. The Morgan fingerprint density at radius 2 is 1.11 bits per heavy atom. The van der Waals surface area contributed by atoms with Crippen molar-refractivity contribution in [2.45, 2.75) is 76.2 Å². The fraction of sp³-hybridized carbons (Fsp3) is 0.846. The summed E-state index contributed by atoms with van der Waals surface area (Å²) in [6.45, 7) is -1.89. The van der Waals surface area contributed by atoms with Crippen molar-refractivity contribution in [2.75, 3.05) is 67.0 Å².